The van der Waals surface area contributed by atoms with Crippen molar-refractivity contribution in [1.82, 2.24) is 13.8 Å². The van der Waals surface area contributed by atoms with Crippen molar-refractivity contribution in [2.45, 2.75) is 17.9 Å². The van der Waals surface area contributed by atoms with E-state index in [2.05, 4.69) is 0 Å². The average Bonchev–Trinajstić information content (AvgIpc) is 3.08. The molecule has 0 radical (unpaired) electrons. The first kappa shape index (κ1) is 22.9. The molecular formula is C24H24FN3O4S. The molecule has 0 aliphatic carbocycles. The lowest BCUT2D eigenvalue weighted by Gasteiger charge is -2.22. The van der Waals surface area contributed by atoms with Crippen LogP contribution in [0.5, 0.6) is 0 Å². The highest BCUT2D eigenvalue weighted by Gasteiger charge is 2.29. The maximum absolute atomic E-state index is 13.2. The standard InChI is InChI=1S/C24H24FN3O4S/c25-20-9-11-21(12-10-20)33(31,32)28-15-5-14-26(16-17-28)23(29)22-8-4-13-27(24(22)30)18-19-6-2-1-3-7-19/h1-4,6-13H,5,14-18H2. The van der Waals surface area contributed by atoms with Crippen LogP contribution < -0.4 is 5.56 Å². The lowest BCUT2D eigenvalue weighted by atomic mass is 10.2. The molecule has 1 fully saturated rings. The fraction of sp³-hybridized carbons (Fsp3) is 0.250. The van der Waals surface area contributed by atoms with Gasteiger partial charge in [-0.15, -0.1) is 0 Å². The number of hydrogen-bond donors (Lipinski definition) is 0. The van der Waals surface area contributed by atoms with Crippen LogP contribution in [0.1, 0.15) is 22.3 Å². The fourth-order valence-electron chi connectivity index (χ4n) is 3.87. The van der Waals surface area contributed by atoms with Gasteiger partial charge in [-0.05, 0) is 48.4 Å². The van der Waals surface area contributed by atoms with Gasteiger partial charge in [0.05, 0.1) is 11.4 Å². The van der Waals surface area contributed by atoms with Crippen LogP contribution in [0, 0.1) is 5.82 Å². The van der Waals surface area contributed by atoms with Crippen LogP contribution in [0.3, 0.4) is 0 Å². The van der Waals surface area contributed by atoms with Crippen molar-refractivity contribution in [3.63, 3.8) is 0 Å². The predicted molar refractivity (Wildman–Crippen MR) is 122 cm³/mol. The summed E-state index contributed by atoms with van der Waals surface area (Å²) in [4.78, 5) is 27.6. The first-order chi connectivity index (χ1) is 15.9. The van der Waals surface area contributed by atoms with Crippen molar-refractivity contribution in [1.29, 1.82) is 0 Å². The zero-order chi connectivity index (χ0) is 23.4. The van der Waals surface area contributed by atoms with Crippen LogP contribution in [0.25, 0.3) is 0 Å². The summed E-state index contributed by atoms with van der Waals surface area (Å²) >= 11 is 0. The normalized spacial score (nSPS) is 15.2. The van der Waals surface area contributed by atoms with Gasteiger partial charge >= 0.3 is 0 Å². The fourth-order valence-corrected chi connectivity index (χ4v) is 5.34. The second-order valence-electron chi connectivity index (χ2n) is 7.84. The molecule has 1 aliphatic rings. The summed E-state index contributed by atoms with van der Waals surface area (Å²) in [7, 11) is -3.80. The van der Waals surface area contributed by atoms with Gasteiger partial charge < -0.3 is 9.47 Å². The van der Waals surface area contributed by atoms with Crippen LogP contribution in [-0.2, 0) is 16.6 Å². The van der Waals surface area contributed by atoms with Crippen molar-refractivity contribution in [2.75, 3.05) is 26.2 Å². The smallest absolute Gasteiger partial charge is 0.263 e. The van der Waals surface area contributed by atoms with E-state index < -0.39 is 21.7 Å². The number of benzene rings is 2. The molecule has 2 heterocycles. The third-order valence-corrected chi connectivity index (χ3v) is 7.55. The van der Waals surface area contributed by atoms with E-state index in [1.807, 2.05) is 30.3 Å². The van der Waals surface area contributed by atoms with Gasteiger partial charge in [-0.2, -0.15) is 4.31 Å². The van der Waals surface area contributed by atoms with Crippen LogP contribution in [-0.4, -0.2) is 54.3 Å². The Hall–Kier alpha value is -3.30. The molecule has 1 saturated heterocycles. The Balaban J connectivity index is 1.49. The molecular weight excluding hydrogens is 445 g/mol. The summed E-state index contributed by atoms with van der Waals surface area (Å²) in [5, 5.41) is 0. The topological polar surface area (TPSA) is 79.7 Å². The van der Waals surface area contributed by atoms with Gasteiger partial charge in [-0.25, -0.2) is 12.8 Å². The number of sulfonamides is 1. The zero-order valence-electron chi connectivity index (χ0n) is 17.9. The third-order valence-electron chi connectivity index (χ3n) is 5.64. The molecule has 1 aromatic heterocycles. The average molecular weight is 470 g/mol. The monoisotopic (exact) mass is 469 g/mol. The molecule has 4 rings (SSSR count). The van der Waals surface area contributed by atoms with Crippen LogP contribution >= 0.6 is 0 Å². The van der Waals surface area contributed by atoms with Crippen molar-refractivity contribution in [2.24, 2.45) is 0 Å². The number of nitrogens with zero attached hydrogens (tertiary/aromatic N) is 3. The molecule has 0 spiro atoms. The van der Waals surface area contributed by atoms with Gasteiger partial charge in [-0.3, -0.25) is 9.59 Å². The van der Waals surface area contributed by atoms with E-state index in [4.69, 9.17) is 0 Å². The molecule has 7 nitrogen and oxygen atoms in total. The van der Waals surface area contributed by atoms with E-state index in [1.54, 1.807) is 12.3 Å². The Morgan fingerprint density at radius 2 is 1.61 bits per heavy atom. The van der Waals surface area contributed by atoms with Crippen molar-refractivity contribution < 1.29 is 17.6 Å². The minimum Gasteiger partial charge on any atom is -0.337 e. The SMILES string of the molecule is O=C(c1cccn(Cc2ccccc2)c1=O)N1CCCN(S(=O)(=O)c2ccc(F)cc2)CC1. The highest BCUT2D eigenvalue weighted by Crippen LogP contribution is 2.18. The molecule has 0 N–H and O–H groups in total. The molecule has 0 unspecified atom stereocenters. The van der Waals surface area contributed by atoms with Gasteiger partial charge in [0.25, 0.3) is 11.5 Å². The molecule has 0 atom stereocenters. The van der Waals surface area contributed by atoms with E-state index in [9.17, 15) is 22.4 Å². The van der Waals surface area contributed by atoms with Crippen LogP contribution in [0.4, 0.5) is 4.39 Å². The first-order valence-electron chi connectivity index (χ1n) is 10.6. The van der Waals surface area contributed by atoms with Crippen LogP contribution in [0.2, 0.25) is 0 Å². The molecule has 1 aliphatic heterocycles. The van der Waals surface area contributed by atoms with Gasteiger partial charge in [0.2, 0.25) is 10.0 Å². The number of aromatic nitrogens is 1. The Morgan fingerprint density at radius 3 is 2.33 bits per heavy atom. The number of carbonyl (C=O) groups excluding carboxylic acids is 1. The van der Waals surface area contributed by atoms with Gasteiger partial charge in [0.1, 0.15) is 11.4 Å². The Bertz CT molecular complexity index is 1290. The second-order valence-corrected chi connectivity index (χ2v) is 9.78. The minimum absolute atomic E-state index is 0.00975. The molecule has 172 valence electrons. The molecule has 33 heavy (non-hydrogen) atoms. The number of amides is 1. The Morgan fingerprint density at radius 1 is 0.879 bits per heavy atom. The van der Waals surface area contributed by atoms with E-state index in [-0.39, 0.29) is 35.7 Å². The number of rotatable bonds is 5. The summed E-state index contributed by atoms with van der Waals surface area (Å²) in [6.45, 7) is 1.17. The summed E-state index contributed by atoms with van der Waals surface area (Å²) < 4.78 is 41.8. The molecule has 0 saturated carbocycles. The summed E-state index contributed by atoms with van der Waals surface area (Å²) in [5.41, 5.74) is 0.621. The number of carbonyl (C=O) groups is 1. The predicted octanol–water partition coefficient (Wildman–Crippen LogP) is 2.57. The Kier molecular flexibility index (Phi) is 6.71. The third kappa shape index (κ3) is 5.04. The highest BCUT2D eigenvalue weighted by atomic mass is 32.2. The van der Waals surface area contributed by atoms with E-state index >= 15 is 0 Å². The van der Waals surface area contributed by atoms with Gasteiger partial charge in [-0.1, -0.05) is 30.3 Å². The first-order valence-corrected chi connectivity index (χ1v) is 12.1. The highest BCUT2D eigenvalue weighted by molar-refractivity contribution is 7.89. The largest absolute Gasteiger partial charge is 0.337 e. The minimum atomic E-state index is -3.80. The van der Waals surface area contributed by atoms with Crippen molar-refractivity contribution >= 4 is 15.9 Å². The summed E-state index contributed by atoms with van der Waals surface area (Å²) in [6.07, 6.45) is 2.07. The van der Waals surface area contributed by atoms with E-state index in [0.29, 0.717) is 19.5 Å². The van der Waals surface area contributed by atoms with Gasteiger partial charge in [0.15, 0.2) is 0 Å². The Labute approximate surface area is 191 Å². The van der Waals surface area contributed by atoms with Crippen molar-refractivity contribution in [3.05, 3.63) is 100 Å². The zero-order valence-corrected chi connectivity index (χ0v) is 18.7. The van der Waals surface area contributed by atoms with Gasteiger partial charge in [0, 0.05) is 32.4 Å². The molecule has 2 aromatic carbocycles. The molecule has 1 amide bonds. The maximum Gasteiger partial charge on any atom is 0.263 e. The number of halogens is 1. The maximum atomic E-state index is 13.2. The second kappa shape index (κ2) is 9.68. The lowest BCUT2D eigenvalue weighted by Crippen LogP contribution is -2.40. The van der Waals surface area contributed by atoms with Crippen LogP contribution in [0.15, 0.2) is 82.6 Å². The van der Waals surface area contributed by atoms with E-state index in [1.165, 1.54) is 32.0 Å². The molecule has 3 aromatic rings. The number of pyridine rings is 1. The summed E-state index contributed by atoms with van der Waals surface area (Å²) in [6, 6.07) is 17.3. The molecule has 0 bridgehead atoms. The lowest BCUT2D eigenvalue weighted by molar-refractivity contribution is 0.0761. The van der Waals surface area contributed by atoms with E-state index in [0.717, 1.165) is 17.7 Å². The van der Waals surface area contributed by atoms with Crippen molar-refractivity contribution in [3.8, 4) is 0 Å². The molecule has 9 heteroatoms. The quantitative estimate of drug-likeness (QED) is 0.575. The number of hydrogen-bond acceptors (Lipinski definition) is 4. The summed E-state index contributed by atoms with van der Waals surface area (Å²) in [5.74, 6) is -0.925.